The van der Waals surface area contributed by atoms with Crippen LogP contribution >= 0.6 is 0 Å². The molecule has 0 radical (unpaired) electrons. The quantitative estimate of drug-likeness (QED) is 0.641. The maximum Gasteiger partial charge on any atom is 0.0715 e. The van der Waals surface area contributed by atoms with Crippen LogP contribution in [0.5, 0.6) is 0 Å². The van der Waals surface area contributed by atoms with E-state index in [0.29, 0.717) is 5.92 Å². The fraction of sp³-hybridized carbons (Fsp3) is 0.368. The number of rotatable bonds is 5. The van der Waals surface area contributed by atoms with Gasteiger partial charge in [0, 0.05) is 0 Å². The zero-order valence-corrected chi connectivity index (χ0v) is 13.5. The highest BCUT2D eigenvalue weighted by Gasteiger charge is 2.17. The van der Waals surface area contributed by atoms with Crippen LogP contribution in [-0.4, -0.2) is 0 Å². The van der Waals surface area contributed by atoms with Crippen LogP contribution in [-0.2, 0) is 6.42 Å². The molecule has 2 heteroatoms. The Morgan fingerprint density at radius 3 is 2.19 bits per heavy atom. The number of benzene rings is 2. The minimum atomic E-state index is 0.0401. The Kier molecular flexibility index (Phi) is 5.16. The third-order valence-corrected chi connectivity index (χ3v) is 3.93. The van der Waals surface area contributed by atoms with E-state index >= 15 is 0 Å². The van der Waals surface area contributed by atoms with Crippen LogP contribution in [0, 0.1) is 19.8 Å². The van der Waals surface area contributed by atoms with Crippen molar-refractivity contribution in [2.24, 2.45) is 11.8 Å². The lowest BCUT2D eigenvalue weighted by Crippen LogP contribution is -2.30. The zero-order valence-electron chi connectivity index (χ0n) is 13.5. The molecule has 2 aromatic rings. The third-order valence-electron chi connectivity index (χ3n) is 3.93. The molecule has 0 saturated heterocycles. The molecule has 0 aliphatic heterocycles. The molecule has 2 rings (SSSR count). The topological polar surface area (TPSA) is 38.0 Å². The molecule has 0 aromatic heterocycles. The predicted octanol–water partition coefficient (Wildman–Crippen LogP) is 4.05. The zero-order chi connectivity index (χ0) is 15.4. The molecule has 1 atom stereocenters. The van der Waals surface area contributed by atoms with Crippen molar-refractivity contribution in [2.75, 3.05) is 0 Å². The summed E-state index contributed by atoms with van der Waals surface area (Å²) in [6.07, 6.45) is 1.10. The number of nitrogens with one attached hydrogen (secondary N) is 1. The summed E-state index contributed by atoms with van der Waals surface area (Å²) in [6.45, 7) is 8.78. The second-order valence-electron chi connectivity index (χ2n) is 6.25. The van der Waals surface area contributed by atoms with Gasteiger partial charge in [0.2, 0.25) is 0 Å². The lowest BCUT2D eigenvalue weighted by molar-refractivity contribution is 0.623. The van der Waals surface area contributed by atoms with E-state index in [2.05, 4.69) is 75.6 Å². The second-order valence-corrected chi connectivity index (χ2v) is 6.25. The first-order valence-corrected chi connectivity index (χ1v) is 7.64. The van der Waals surface area contributed by atoms with Crippen molar-refractivity contribution in [2.45, 2.75) is 40.2 Å². The molecular weight excluding hydrogens is 256 g/mol. The van der Waals surface area contributed by atoms with Gasteiger partial charge in [-0.05, 0) is 54.0 Å². The summed E-state index contributed by atoms with van der Waals surface area (Å²) in [5, 5.41) is 0. The fourth-order valence-electron chi connectivity index (χ4n) is 3.00. The van der Waals surface area contributed by atoms with Gasteiger partial charge in [-0.25, -0.2) is 5.43 Å². The largest absolute Gasteiger partial charge is 0.271 e. The summed E-state index contributed by atoms with van der Waals surface area (Å²) in [5.74, 6) is 6.53. The molecule has 0 spiro atoms. The average molecular weight is 282 g/mol. The molecule has 0 amide bonds. The minimum Gasteiger partial charge on any atom is -0.271 e. The van der Waals surface area contributed by atoms with Gasteiger partial charge in [-0.2, -0.15) is 0 Å². The summed E-state index contributed by atoms with van der Waals surface area (Å²) in [7, 11) is 0. The molecule has 0 heterocycles. The standard InChI is InChI=1S/C19H26N2/c1-13(2)11-16-9-6-10-17(12-16)19(21-20)18-14(3)7-5-8-15(18)4/h5-10,12-13,19,21H,11,20H2,1-4H3. The van der Waals surface area contributed by atoms with Crippen LogP contribution in [0.15, 0.2) is 42.5 Å². The summed E-state index contributed by atoms with van der Waals surface area (Å²) in [5.41, 5.74) is 9.42. The van der Waals surface area contributed by atoms with E-state index in [0.717, 1.165) is 6.42 Å². The molecule has 0 bridgehead atoms. The summed E-state index contributed by atoms with van der Waals surface area (Å²) < 4.78 is 0. The van der Waals surface area contributed by atoms with Gasteiger partial charge in [0.25, 0.3) is 0 Å². The predicted molar refractivity (Wildman–Crippen MR) is 90.1 cm³/mol. The van der Waals surface area contributed by atoms with Gasteiger partial charge < -0.3 is 0 Å². The van der Waals surface area contributed by atoms with E-state index in [4.69, 9.17) is 5.84 Å². The van der Waals surface area contributed by atoms with E-state index in [1.54, 1.807) is 0 Å². The Balaban J connectivity index is 2.42. The molecule has 0 saturated carbocycles. The Bertz CT molecular complexity index is 582. The highest BCUT2D eigenvalue weighted by molar-refractivity contribution is 5.42. The van der Waals surface area contributed by atoms with Crippen molar-refractivity contribution >= 4 is 0 Å². The van der Waals surface area contributed by atoms with Gasteiger partial charge >= 0.3 is 0 Å². The molecule has 112 valence electrons. The van der Waals surface area contributed by atoms with E-state index in [9.17, 15) is 0 Å². The number of aryl methyl sites for hydroxylation is 2. The highest BCUT2D eigenvalue weighted by Crippen LogP contribution is 2.28. The normalized spacial score (nSPS) is 12.7. The summed E-state index contributed by atoms with van der Waals surface area (Å²) >= 11 is 0. The molecule has 2 aromatic carbocycles. The molecule has 0 aliphatic carbocycles. The average Bonchev–Trinajstić information content (AvgIpc) is 2.42. The summed E-state index contributed by atoms with van der Waals surface area (Å²) in [6, 6.07) is 15.2. The van der Waals surface area contributed by atoms with Crippen molar-refractivity contribution in [3.8, 4) is 0 Å². The molecule has 0 aliphatic rings. The van der Waals surface area contributed by atoms with Crippen LogP contribution < -0.4 is 11.3 Å². The number of hydrogen-bond donors (Lipinski definition) is 2. The van der Waals surface area contributed by atoms with Crippen molar-refractivity contribution in [3.05, 3.63) is 70.3 Å². The first-order valence-electron chi connectivity index (χ1n) is 7.64. The van der Waals surface area contributed by atoms with E-state index in [-0.39, 0.29) is 6.04 Å². The van der Waals surface area contributed by atoms with Crippen LogP contribution in [0.1, 0.15) is 47.7 Å². The van der Waals surface area contributed by atoms with Gasteiger partial charge in [0.15, 0.2) is 0 Å². The first-order chi connectivity index (χ1) is 10.0. The number of hydrogen-bond acceptors (Lipinski definition) is 2. The minimum absolute atomic E-state index is 0.0401. The van der Waals surface area contributed by atoms with Gasteiger partial charge in [-0.1, -0.05) is 56.3 Å². The highest BCUT2D eigenvalue weighted by atomic mass is 15.2. The molecular formula is C19H26N2. The van der Waals surface area contributed by atoms with Crippen molar-refractivity contribution in [1.82, 2.24) is 5.43 Å². The van der Waals surface area contributed by atoms with E-state index in [1.807, 2.05) is 0 Å². The smallest absolute Gasteiger partial charge is 0.0715 e. The van der Waals surface area contributed by atoms with Gasteiger partial charge in [-0.3, -0.25) is 5.84 Å². The molecule has 3 N–H and O–H groups in total. The Morgan fingerprint density at radius 1 is 1.00 bits per heavy atom. The lowest BCUT2D eigenvalue weighted by Gasteiger charge is -2.22. The lowest BCUT2D eigenvalue weighted by atomic mass is 9.90. The summed E-state index contributed by atoms with van der Waals surface area (Å²) in [4.78, 5) is 0. The molecule has 1 unspecified atom stereocenters. The van der Waals surface area contributed by atoms with E-state index < -0.39 is 0 Å². The number of nitrogens with two attached hydrogens (primary N) is 1. The van der Waals surface area contributed by atoms with Gasteiger partial charge in [-0.15, -0.1) is 0 Å². The number of hydrazine groups is 1. The first kappa shape index (κ1) is 15.7. The van der Waals surface area contributed by atoms with Crippen molar-refractivity contribution < 1.29 is 0 Å². The van der Waals surface area contributed by atoms with Gasteiger partial charge in [0.05, 0.1) is 6.04 Å². The van der Waals surface area contributed by atoms with Gasteiger partial charge in [0.1, 0.15) is 0 Å². The monoisotopic (exact) mass is 282 g/mol. The Labute approximate surface area is 128 Å². The fourth-order valence-corrected chi connectivity index (χ4v) is 3.00. The maximum absolute atomic E-state index is 5.88. The Hall–Kier alpha value is -1.64. The molecule has 21 heavy (non-hydrogen) atoms. The molecule has 0 fully saturated rings. The second kappa shape index (κ2) is 6.88. The van der Waals surface area contributed by atoms with Crippen LogP contribution in [0.2, 0.25) is 0 Å². The van der Waals surface area contributed by atoms with E-state index in [1.165, 1.54) is 27.8 Å². The maximum atomic E-state index is 5.88. The van der Waals surface area contributed by atoms with Crippen LogP contribution in [0.4, 0.5) is 0 Å². The van der Waals surface area contributed by atoms with Crippen molar-refractivity contribution in [1.29, 1.82) is 0 Å². The van der Waals surface area contributed by atoms with Crippen LogP contribution in [0.25, 0.3) is 0 Å². The third kappa shape index (κ3) is 3.72. The Morgan fingerprint density at radius 2 is 1.62 bits per heavy atom. The molecule has 2 nitrogen and oxygen atoms in total. The van der Waals surface area contributed by atoms with Crippen molar-refractivity contribution in [3.63, 3.8) is 0 Å². The van der Waals surface area contributed by atoms with Crippen LogP contribution in [0.3, 0.4) is 0 Å². The SMILES string of the molecule is Cc1cccc(C)c1C(NN)c1cccc(CC(C)C)c1.